The van der Waals surface area contributed by atoms with E-state index in [1.54, 1.807) is 23.3 Å². The van der Waals surface area contributed by atoms with Crippen molar-refractivity contribution in [3.63, 3.8) is 0 Å². The molecule has 0 bridgehead atoms. The molecule has 1 aromatic carbocycles. The molecule has 1 N–H and O–H groups in total. The molecule has 112 valence electrons. The predicted octanol–water partition coefficient (Wildman–Crippen LogP) is 3.12. The molecule has 1 unspecified atom stereocenters. The van der Waals surface area contributed by atoms with Crippen molar-refractivity contribution in [2.75, 3.05) is 0 Å². The Morgan fingerprint density at radius 2 is 2.00 bits per heavy atom. The summed E-state index contributed by atoms with van der Waals surface area (Å²) in [5.41, 5.74) is 0.656. The molecule has 0 saturated carbocycles. The van der Waals surface area contributed by atoms with Gasteiger partial charge >= 0.3 is 5.97 Å². The van der Waals surface area contributed by atoms with Gasteiger partial charge in [0.15, 0.2) is 0 Å². The van der Waals surface area contributed by atoms with Crippen LogP contribution in [0.15, 0.2) is 43.0 Å². The van der Waals surface area contributed by atoms with Crippen molar-refractivity contribution in [1.82, 2.24) is 9.55 Å². The Bertz CT molecular complexity index is 583. The van der Waals surface area contributed by atoms with Gasteiger partial charge in [0.1, 0.15) is 11.4 Å². The first-order valence-corrected chi connectivity index (χ1v) is 6.83. The predicted molar refractivity (Wildman–Crippen MR) is 79.4 cm³/mol. The van der Waals surface area contributed by atoms with E-state index in [1.165, 1.54) is 0 Å². The fraction of sp³-hybridized carbons (Fsp3) is 0.375. The zero-order valence-corrected chi connectivity index (χ0v) is 12.5. The van der Waals surface area contributed by atoms with E-state index < -0.39 is 5.97 Å². The van der Waals surface area contributed by atoms with Crippen LogP contribution in [0.5, 0.6) is 5.75 Å². The minimum absolute atomic E-state index is 0.00976. The fourth-order valence-electron chi connectivity index (χ4n) is 2.13. The number of carboxylic acids is 1. The number of imidazole rings is 1. The lowest BCUT2D eigenvalue weighted by molar-refractivity contribution is -0.137. The molecule has 0 amide bonds. The van der Waals surface area contributed by atoms with Gasteiger partial charge < -0.3 is 14.4 Å². The molecule has 21 heavy (non-hydrogen) atoms. The van der Waals surface area contributed by atoms with Crippen molar-refractivity contribution >= 4 is 5.97 Å². The molecule has 1 heterocycles. The largest absolute Gasteiger partial charge is 0.488 e. The van der Waals surface area contributed by atoms with E-state index >= 15 is 0 Å². The van der Waals surface area contributed by atoms with Crippen LogP contribution in [0.2, 0.25) is 0 Å². The molecule has 0 radical (unpaired) electrons. The third-order valence-electron chi connectivity index (χ3n) is 2.94. The summed E-state index contributed by atoms with van der Waals surface area (Å²) in [5.74, 6) is -0.0744. The first-order valence-electron chi connectivity index (χ1n) is 6.83. The molecular weight excluding hydrogens is 268 g/mol. The van der Waals surface area contributed by atoms with Crippen LogP contribution in [0.1, 0.15) is 38.8 Å². The summed E-state index contributed by atoms with van der Waals surface area (Å²) < 4.78 is 7.57. The second-order valence-electron chi connectivity index (χ2n) is 5.91. The first-order chi connectivity index (χ1) is 9.85. The first kappa shape index (κ1) is 15.1. The van der Waals surface area contributed by atoms with Crippen molar-refractivity contribution in [1.29, 1.82) is 0 Å². The van der Waals surface area contributed by atoms with Gasteiger partial charge in [0.2, 0.25) is 0 Å². The molecule has 5 heteroatoms. The lowest BCUT2D eigenvalue weighted by Gasteiger charge is -2.22. The van der Waals surface area contributed by atoms with Crippen molar-refractivity contribution in [2.45, 2.75) is 38.8 Å². The maximum absolute atomic E-state index is 11.1. The van der Waals surface area contributed by atoms with Gasteiger partial charge in [0.05, 0.1) is 18.8 Å². The molecule has 0 aliphatic rings. The van der Waals surface area contributed by atoms with Gasteiger partial charge in [-0.25, -0.2) is 4.98 Å². The number of carbonyl (C=O) groups is 1. The summed E-state index contributed by atoms with van der Waals surface area (Å²) in [6, 6.07) is 7.26. The molecule has 0 fully saturated rings. The molecule has 2 aromatic rings. The molecule has 0 aliphatic carbocycles. The Balaban J connectivity index is 2.23. The smallest absolute Gasteiger partial charge is 0.305 e. The Morgan fingerprint density at radius 3 is 2.48 bits per heavy atom. The van der Waals surface area contributed by atoms with Crippen molar-refractivity contribution in [3.05, 3.63) is 48.5 Å². The van der Waals surface area contributed by atoms with Crippen LogP contribution in [0.4, 0.5) is 0 Å². The number of hydrogen-bond donors (Lipinski definition) is 1. The summed E-state index contributed by atoms with van der Waals surface area (Å²) in [6.07, 6.45) is 5.06. The highest BCUT2D eigenvalue weighted by Crippen LogP contribution is 2.25. The maximum Gasteiger partial charge on any atom is 0.305 e. The van der Waals surface area contributed by atoms with E-state index in [9.17, 15) is 4.79 Å². The molecule has 0 spiro atoms. The molecule has 0 saturated heterocycles. The molecule has 5 nitrogen and oxygen atoms in total. The van der Waals surface area contributed by atoms with Gasteiger partial charge in [-0.2, -0.15) is 0 Å². The number of benzene rings is 1. The average molecular weight is 288 g/mol. The van der Waals surface area contributed by atoms with Crippen molar-refractivity contribution < 1.29 is 14.6 Å². The Kier molecular flexibility index (Phi) is 4.31. The van der Waals surface area contributed by atoms with Gasteiger partial charge in [-0.05, 0) is 38.5 Å². The summed E-state index contributed by atoms with van der Waals surface area (Å²) >= 11 is 0. The normalized spacial score (nSPS) is 12.9. The average Bonchev–Trinajstić information content (AvgIpc) is 2.88. The summed E-state index contributed by atoms with van der Waals surface area (Å²) in [4.78, 5) is 15.1. The van der Waals surface area contributed by atoms with Crippen LogP contribution in [0, 0.1) is 0 Å². The zero-order chi connectivity index (χ0) is 15.5. The third kappa shape index (κ3) is 4.34. The second-order valence-corrected chi connectivity index (χ2v) is 5.91. The standard InChI is InChI=1S/C16H20N2O3/c1-16(2,3)21-13-6-4-12(5-7-13)14(10-15(19)20)18-9-8-17-11-18/h4-9,11,14H,10H2,1-3H3,(H,19,20). The minimum Gasteiger partial charge on any atom is -0.488 e. The molecular formula is C16H20N2O3. The number of carboxylic acid groups (broad SMARTS) is 1. The Morgan fingerprint density at radius 1 is 1.33 bits per heavy atom. The van der Waals surface area contributed by atoms with Crippen molar-refractivity contribution in [2.24, 2.45) is 0 Å². The number of nitrogens with zero attached hydrogens (tertiary/aromatic N) is 2. The molecule has 1 aromatic heterocycles. The molecule has 2 rings (SSSR count). The second kappa shape index (κ2) is 5.99. The minimum atomic E-state index is -0.844. The summed E-state index contributed by atoms with van der Waals surface area (Å²) in [7, 11) is 0. The van der Waals surface area contributed by atoms with Crippen LogP contribution in [-0.4, -0.2) is 26.2 Å². The van der Waals surface area contributed by atoms with Crippen LogP contribution < -0.4 is 4.74 Å². The highest BCUT2D eigenvalue weighted by atomic mass is 16.5. The Hall–Kier alpha value is -2.30. The summed E-state index contributed by atoms with van der Waals surface area (Å²) in [6.45, 7) is 5.96. The number of aliphatic carboxylic acids is 1. The van der Waals surface area contributed by atoms with E-state index in [4.69, 9.17) is 9.84 Å². The number of aromatic nitrogens is 2. The lowest BCUT2D eigenvalue weighted by Crippen LogP contribution is -2.23. The van der Waals surface area contributed by atoms with E-state index in [-0.39, 0.29) is 18.1 Å². The number of ether oxygens (including phenoxy) is 1. The molecule has 0 aliphatic heterocycles. The van der Waals surface area contributed by atoms with Gasteiger partial charge in [-0.3, -0.25) is 4.79 Å². The third-order valence-corrected chi connectivity index (χ3v) is 2.94. The fourth-order valence-corrected chi connectivity index (χ4v) is 2.13. The van der Waals surface area contributed by atoms with E-state index in [0.29, 0.717) is 0 Å². The number of rotatable bonds is 5. The lowest BCUT2D eigenvalue weighted by atomic mass is 10.0. The van der Waals surface area contributed by atoms with Crippen LogP contribution >= 0.6 is 0 Å². The van der Waals surface area contributed by atoms with Gasteiger partial charge in [-0.15, -0.1) is 0 Å². The van der Waals surface area contributed by atoms with Gasteiger partial charge in [-0.1, -0.05) is 12.1 Å². The monoisotopic (exact) mass is 288 g/mol. The zero-order valence-electron chi connectivity index (χ0n) is 12.5. The molecule has 1 atom stereocenters. The van der Waals surface area contributed by atoms with E-state index in [2.05, 4.69) is 4.98 Å². The van der Waals surface area contributed by atoms with E-state index in [1.807, 2.05) is 45.0 Å². The highest BCUT2D eigenvalue weighted by molar-refractivity contribution is 5.68. The SMILES string of the molecule is CC(C)(C)Oc1ccc(C(CC(=O)O)n2ccnc2)cc1. The van der Waals surface area contributed by atoms with E-state index in [0.717, 1.165) is 11.3 Å². The van der Waals surface area contributed by atoms with Gasteiger partial charge in [0, 0.05) is 12.4 Å². The Labute approximate surface area is 124 Å². The van der Waals surface area contributed by atoms with Crippen LogP contribution in [0.3, 0.4) is 0 Å². The van der Waals surface area contributed by atoms with Crippen LogP contribution in [0.25, 0.3) is 0 Å². The highest BCUT2D eigenvalue weighted by Gasteiger charge is 2.18. The maximum atomic E-state index is 11.1. The quantitative estimate of drug-likeness (QED) is 0.918. The van der Waals surface area contributed by atoms with Crippen LogP contribution in [-0.2, 0) is 4.79 Å². The summed E-state index contributed by atoms with van der Waals surface area (Å²) in [5, 5.41) is 9.09. The topological polar surface area (TPSA) is 64.3 Å². The van der Waals surface area contributed by atoms with Gasteiger partial charge in [0.25, 0.3) is 0 Å². The van der Waals surface area contributed by atoms with Crippen molar-refractivity contribution in [3.8, 4) is 5.75 Å². The number of hydrogen-bond acceptors (Lipinski definition) is 3.